The monoisotopic (exact) mass is 369 g/mol. The minimum Gasteiger partial charge on any atom is -0.489 e. The first-order chi connectivity index (χ1) is 11.1. The standard InChI is InChI=1S/C15H27N5O2SSi/c1-11(10-22-24(6,7)15(2,3)4)9-21-12-8-17-14(23-5)18-13(12)19-20-16/h8,11H,9-10H2,1-7H3. The van der Waals surface area contributed by atoms with Crippen molar-refractivity contribution in [3.8, 4) is 5.75 Å². The minimum absolute atomic E-state index is 0.184. The lowest BCUT2D eigenvalue weighted by molar-refractivity contribution is 0.177. The summed E-state index contributed by atoms with van der Waals surface area (Å²) in [4.78, 5) is 11.1. The van der Waals surface area contributed by atoms with Gasteiger partial charge in [0.15, 0.2) is 25.0 Å². The van der Waals surface area contributed by atoms with Gasteiger partial charge in [0.1, 0.15) is 0 Å². The van der Waals surface area contributed by atoms with Gasteiger partial charge in [0.25, 0.3) is 0 Å². The van der Waals surface area contributed by atoms with Gasteiger partial charge in [-0.25, -0.2) is 9.97 Å². The molecule has 0 aliphatic heterocycles. The molecule has 9 heteroatoms. The molecule has 0 bridgehead atoms. The number of hydrogen-bond acceptors (Lipinski definition) is 6. The molecule has 1 unspecified atom stereocenters. The van der Waals surface area contributed by atoms with E-state index in [1.807, 2.05) is 6.26 Å². The van der Waals surface area contributed by atoms with Crippen molar-refractivity contribution in [1.29, 1.82) is 0 Å². The fraction of sp³-hybridized carbons (Fsp3) is 0.733. The quantitative estimate of drug-likeness (QED) is 0.157. The highest BCUT2D eigenvalue weighted by Gasteiger charge is 2.37. The van der Waals surface area contributed by atoms with Crippen LogP contribution in [0.3, 0.4) is 0 Å². The van der Waals surface area contributed by atoms with E-state index in [0.717, 1.165) is 0 Å². The van der Waals surface area contributed by atoms with Crippen molar-refractivity contribution in [2.75, 3.05) is 19.5 Å². The molecule has 1 aromatic rings. The third-order valence-corrected chi connectivity index (χ3v) is 9.16. The zero-order valence-electron chi connectivity index (χ0n) is 15.5. The smallest absolute Gasteiger partial charge is 0.191 e. The minimum atomic E-state index is -1.76. The second-order valence-electron chi connectivity index (χ2n) is 7.22. The van der Waals surface area contributed by atoms with Crippen LogP contribution in [0.2, 0.25) is 18.1 Å². The molecule has 0 fully saturated rings. The SMILES string of the molecule is CSc1ncc(OCC(C)CO[Si](C)(C)C(C)(C)C)c(N=[N+]=[N-])n1. The van der Waals surface area contributed by atoms with Crippen LogP contribution in [-0.2, 0) is 4.43 Å². The van der Waals surface area contributed by atoms with Gasteiger partial charge >= 0.3 is 0 Å². The highest BCUT2D eigenvalue weighted by atomic mass is 32.2. The van der Waals surface area contributed by atoms with E-state index in [1.54, 1.807) is 6.20 Å². The molecule has 1 rings (SSSR count). The largest absolute Gasteiger partial charge is 0.489 e. The fourth-order valence-corrected chi connectivity index (χ4v) is 2.98. The lowest BCUT2D eigenvalue weighted by Gasteiger charge is -2.37. The normalized spacial score (nSPS) is 13.3. The molecule has 1 atom stereocenters. The maximum atomic E-state index is 8.66. The van der Waals surface area contributed by atoms with Crippen LogP contribution in [0.5, 0.6) is 5.75 Å². The lowest BCUT2D eigenvalue weighted by Crippen LogP contribution is -2.42. The number of thioether (sulfide) groups is 1. The van der Waals surface area contributed by atoms with Crippen molar-refractivity contribution >= 4 is 25.9 Å². The Morgan fingerprint density at radius 2 is 2.04 bits per heavy atom. The van der Waals surface area contributed by atoms with Crippen LogP contribution in [0.25, 0.3) is 10.4 Å². The highest BCUT2D eigenvalue weighted by molar-refractivity contribution is 7.98. The van der Waals surface area contributed by atoms with E-state index < -0.39 is 8.32 Å². The number of ether oxygens (including phenoxy) is 1. The highest BCUT2D eigenvalue weighted by Crippen LogP contribution is 2.36. The van der Waals surface area contributed by atoms with Crippen LogP contribution in [0.4, 0.5) is 5.82 Å². The molecule has 0 aliphatic rings. The average Bonchev–Trinajstić information content (AvgIpc) is 2.50. The van der Waals surface area contributed by atoms with Crippen LogP contribution < -0.4 is 4.74 Å². The number of rotatable bonds is 8. The van der Waals surface area contributed by atoms with E-state index >= 15 is 0 Å². The number of hydrogen-bond donors (Lipinski definition) is 0. The maximum absolute atomic E-state index is 8.66. The van der Waals surface area contributed by atoms with Gasteiger partial charge in [-0.05, 0) is 35.0 Å². The van der Waals surface area contributed by atoms with Gasteiger partial charge < -0.3 is 9.16 Å². The Morgan fingerprint density at radius 1 is 1.38 bits per heavy atom. The van der Waals surface area contributed by atoms with E-state index in [1.165, 1.54) is 11.8 Å². The van der Waals surface area contributed by atoms with Crippen LogP contribution >= 0.6 is 11.8 Å². The molecule has 0 aliphatic carbocycles. The van der Waals surface area contributed by atoms with Gasteiger partial charge in [0.05, 0.1) is 12.8 Å². The molecule has 0 amide bonds. The Balaban J connectivity index is 2.64. The maximum Gasteiger partial charge on any atom is 0.191 e. The molecule has 1 aromatic heterocycles. The zero-order valence-corrected chi connectivity index (χ0v) is 17.3. The van der Waals surface area contributed by atoms with Crippen molar-refractivity contribution < 1.29 is 9.16 Å². The first kappa shape index (κ1) is 20.8. The van der Waals surface area contributed by atoms with Crippen molar-refractivity contribution in [3.63, 3.8) is 0 Å². The van der Waals surface area contributed by atoms with Crippen LogP contribution in [0, 0.1) is 5.92 Å². The molecule has 0 radical (unpaired) electrons. The third kappa shape index (κ3) is 5.97. The summed E-state index contributed by atoms with van der Waals surface area (Å²) in [6.45, 7) is 14.3. The van der Waals surface area contributed by atoms with Crippen molar-refractivity contribution in [1.82, 2.24) is 9.97 Å². The lowest BCUT2D eigenvalue weighted by atomic mass is 10.2. The Labute approximate surface area is 149 Å². The second kappa shape index (κ2) is 8.71. The number of nitrogens with zero attached hydrogens (tertiary/aromatic N) is 5. The predicted octanol–water partition coefficient (Wildman–Crippen LogP) is 5.18. The van der Waals surface area contributed by atoms with Crippen LogP contribution in [0.1, 0.15) is 27.7 Å². The summed E-state index contributed by atoms with van der Waals surface area (Å²) >= 11 is 1.38. The molecular weight excluding hydrogens is 342 g/mol. The molecule has 7 nitrogen and oxygen atoms in total. The van der Waals surface area contributed by atoms with Gasteiger partial charge in [-0.1, -0.05) is 39.5 Å². The summed E-state index contributed by atoms with van der Waals surface area (Å²) in [7, 11) is -1.76. The first-order valence-corrected chi connectivity index (χ1v) is 12.0. The predicted molar refractivity (Wildman–Crippen MR) is 100 cm³/mol. The van der Waals surface area contributed by atoms with Crippen molar-refractivity contribution in [2.45, 2.75) is 51.0 Å². The van der Waals surface area contributed by atoms with Gasteiger partial charge in [0, 0.05) is 17.4 Å². The topological polar surface area (TPSA) is 93.0 Å². The fourth-order valence-electron chi connectivity index (χ4n) is 1.51. The van der Waals surface area contributed by atoms with Gasteiger partial charge in [-0.2, -0.15) is 0 Å². The molecule has 0 aromatic carbocycles. The summed E-state index contributed by atoms with van der Waals surface area (Å²) in [5.74, 6) is 0.817. The Morgan fingerprint density at radius 3 is 2.58 bits per heavy atom. The molecule has 134 valence electrons. The van der Waals surface area contributed by atoms with E-state index in [9.17, 15) is 0 Å². The second-order valence-corrected chi connectivity index (χ2v) is 12.8. The van der Waals surface area contributed by atoms with E-state index in [2.05, 4.69) is 60.8 Å². The Hall–Kier alpha value is -1.28. The molecule has 1 heterocycles. The van der Waals surface area contributed by atoms with E-state index in [0.29, 0.717) is 24.1 Å². The average molecular weight is 370 g/mol. The van der Waals surface area contributed by atoms with Gasteiger partial charge in [0.2, 0.25) is 0 Å². The van der Waals surface area contributed by atoms with Gasteiger partial charge in [-0.3, -0.25) is 0 Å². The van der Waals surface area contributed by atoms with Crippen LogP contribution in [-0.4, -0.2) is 37.8 Å². The van der Waals surface area contributed by atoms with E-state index in [4.69, 9.17) is 14.7 Å². The van der Waals surface area contributed by atoms with E-state index in [-0.39, 0.29) is 16.8 Å². The summed E-state index contributed by atoms with van der Waals surface area (Å²) < 4.78 is 11.9. The first-order valence-electron chi connectivity index (χ1n) is 7.83. The Kier molecular flexibility index (Phi) is 7.53. The molecular formula is C15H27N5O2SSi. The summed E-state index contributed by atoms with van der Waals surface area (Å²) in [5, 5.41) is 4.30. The zero-order chi connectivity index (χ0) is 18.4. The summed E-state index contributed by atoms with van der Waals surface area (Å²) in [6.07, 6.45) is 3.40. The number of aromatic nitrogens is 2. The summed E-state index contributed by atoms with van der Waals surface area (Å²) in [5.41, 5.74) is 8.66. The third-order valence-electron chi connectivity index (χ3n) is 4.09. The Bertz CT molecular complexity index is 600. The molecule has 0 N–H and O–H groups in total. The van der Waals surface area contributed by atoms with Crippen molar-refractivity contribution in [2.24, 2.45) is 11.0 Å². The molecule has 0 saturated carbocycles. The van der Waals surface area contributed by atoms with Crippen molar-refractivity contribution in [3.05, 3.63) is 16.6 Å². The molecule has 0 saturated heterocycles. The van der Waals surface area contributed by atoms with Gasteiger partial charge in [-0.15, -0.1) is 0 Å². The molecule has 24 heavy (non-hydrogen) atoms. The van der Waals surface area contributed by atoms with Crippen LogP contribution in [0.15, 0.2) is 16.5 Å². The number of azide groups is 1. The summed E-state index contributed by atoms with van der Waals surface area (Å²) in [6, 6.07) is 0. The molecule has 0 spiro atoms.